The molecular formula is C35H40N6O3. The fourth-order valence-electron chi connectivity index (χ4n) is 6.35. The van der Waals surface area contributed by atoms with Crippen LogP contribution < -0.4 is 15.0 Å². The van der Waals surface area contributed by atoms with E-state index in [1.807, 2.05) is 17.0 Å². The van der Waals surface area contributed by atoms with Gasteiger partial charge in [0.15, 0.2) is 5.69 Å². The quantitative estimate of drug-likeness (QED) is 0.357. The van der Waals surface area contributed by atoms with Gasteiger partial charge >= 0.3 is 0 Å². The number of hydrogen-bond donors (Lipinski definition) is 1. The van der Waals surface area contributed by atoms with Gasteiger partial charge in [-0.1, -0.05) is 24.3 Å². The fourth-order valence-corrected chi connectivity index (χ4v) is 6.35. The summed E-state index contributed by atoms with van der Waals surface area (Å²) in [7, 11) is 0. The second-order valence-electron chi connectivity index (χ2n) is 12.0. The summed E-state index contributed by atoms with van der Waals surface area (Å²) in [6, 6.07) is 19.6. The molecule has 3 aliphatic heterocycles. The number of hydrogen-bond acceptors (Lipinski definition) is 6. The van der Waals surface area contributed by atoms with Crippen LogP contribution in [-0.4, -0.2) is 78.0 Å². The lowest BCUT2D eigenvalue weighted by Gasteiger charge is -2.32. The minimum atomic E-state index is -0.192. The Balaban J connectivity index is 0.919. The summed E-state index contributed by atoms with van der Waals surface area (Å²) in [6.45, 7) is 13.4. The molecule has 9 heteroatoms. The van der Waals surface area contributed by atoms with Crippen molar-refractivity contribution >= 4 is 23.2 Å². The number of anilines is 1. The minimum Gasteiger partial charge on any atom is -0.490 e. The van der Waals surface area contributed by atoms with Crippen LogP contribution in [0.25, 0.3) is 4.85 Å². The SMILES string of the molecule is [C-]#[N+]c1ccc(OC2CCN(C(=O)c3ccc(C(=O)NC4CCN(Cc5ccc(N6CCCC6)cc5)CC4)nc3)CC2)cc1. The van der Waals surface area contributed by atoms with Gasteiger partial charge in [-0.15, -0.1) is 0 Å². The molecule has 6 rings (SSSR count). The maximum Gasteiger partial charge on any atom is 0.270 e. The van der Waals surface area contributed by atoms with Gasteiger partial charge in [0.1, 0.15) is 17.5 Å². The van der Waals surface area contributed by atoms with Gasteiger partial charge in [-0.2, -0.15) is 0 Å². The number of aromatic nitrogens is 1. The number of nitrogens with zero attached hydrogens (tertiary/aromatic N) is 5. The lowest BCUT2D eigenvalue weighted by atomic mass is 10.0. The highest BCUT2D eigenvalue weighted by molar-refractivity contribution is 5.96. The molecule has 0 radical (unpaired) electrons. The van der Waals surface area contributed by atoms with E-state index in [1.165, 1.54) is 30.3 Å². The van der Waals surface area contributed by atoms with Gasteiger partial charge in [0.2, 0.25) is 0 Å². The fraction of sp³-hybridized carbons (Fsp3) is 0.429. The Morgan fingerprint density at radius 1 is 0.864 bits per heavy atom. The van der Waals surface area contributed by atoms with E-state index >= 15 is 0 Å². The average molecular weight is 593 g/mol. The molecule has 0 bridgehead atoms. The van der Waals surface area contributed by atoms with Crippen LogP contribution in [0.2, 0.25) is 0 Å². The number of carbonyl (C=O) groups excluding carboxylic acids is 2. The van der Waals surface area contributed by atoms with Crippen molar-refractivity contribution in [3.63, 3.8) is 0 Å². The van der Waals surface area contributed by atoms with Gasteiger partial charge in [0, 0.05) is 76.6 Å². The summed E-state index contributed by atoms with van der Waals surface area (Å²) < 4.78 is 6.04. The molecule has 2 amide bonds. The second kappa shape index (κ2) is 13.9. The molecule has 3 aromatic rings. The van der Waals surface area contributed by atoms with Crippen molar-refractivity contribution in [2.45, 2.75) is 57.2 Å². The molecule has 0 unspecified atom stereocenters. The molecule has 2 aromatic carbocycles. The Bertz CT molecular complexity index is 1450. The first-order chi connectivity index (χ1) is 21.5. The topological polar surface area (TPSA) is 82.4 Å². The van der Waals surface area contributed by atoms with Crippen molar-refractivity contribution in [1.82, 2.24) is 20.1 Å². The highest BCUT2D eigenvalue weighted by Gasteiger charge is 2.26. The number of benzene rings is 2. The van der Waals surface area contributed by atoms with Gasteiger partial charge in [-0.3, -0.25) is 19.5 Å². The van der Waals surface area contributed by atoms with Crippen LogP contribution in [0.4, 0.5) is 11.4 Å². The van der Waals surface area contributed by atoms with Gasteiger partial charge in [-0.25, -0.2) is 4.85 Å². The molecule has 4 heterocycles. The average Bonchev–Trinajstić information content (AvgIpc) is 3.62. The Morgan fingerprint density at radius 3 is 2.20 bits per heavy atom. The van der Waals surface area contributed by atoms with Crippen LogP contribution in [0.3, 0.4) is 0 Å². The summed E-state index contributed by atoms with van der Waals surface area (Å²) >= 11 is 0. The largest absolute Gasteiger partial charge is 0.490 e. The number of amides is 2. The number of pyridine rings is 1. The molecule has 0 atom stereocenters. The van der Waals surface area contributed by atoms with Crippen molar-refractivity contribution in [1.29, 1.82) is 0 Å². The number of rotatable bonds is 8. The summed E-state index contributed by atoms with van der Waals surface area (Å²) in [5.41, 5.74) is 4.05. The molecule has 1 N–H and O–H groups in total. The highest BCUT2D eigenvalue weighted by atomic mass is 16.5. The van der Waals surface area contributed by atoms with Crippen molar-refractivity contribution in [3.05, 3.63) is 95.1 Å². The standard InChI is InChI=1S/C35H40N6O3/c1-36-28-7-11-31(12-8-28)44-32-16-22-41(23-17-32)35(43)27-6-13-33(37-24-27)34(42)38-29-14-20-39(21-15-29)25-26-4-9-30(10-5-26)40-18-2-3-19-40/h4-13,24,29,32H,2-3,14-23,25H2,(H,38,42). The van der Waals surface area contributed by atoms with E-state index in [0.717, 1.165) is 64.2 Å². The molecule has 44 heavy (non-hydrogen) atoms. The van der Waals surface area contributed by atoms with E-state index in [-0.39, 0.29) is 24.0 Å². The van der Waals surface area contributed by atoms with E-state index in [9.17, 15) is 9.59 Å². The van der Waals surface area contributed by atoms with Crippen molar-refractivity contribution in [2.24, 2.45) is 0 Å². The molecule has 0 aliphatic carbocycles. The summed E-state index contributed by atoms with van der Waals surface area (Å²) in [6.07, 6.45) is 7.38. The Kier molecular flexibility index (Phi) is 9.37. The van der Waals surface area contributed by atoms with Crippen LogP contribution in [-0.2, 0) is 6.54 Å². The highest BCUT2D eigenvalue weighted by Crippen LogP contribution is 2.24. The van der Waals surface area contributed by atoms with E-state index in [1.54, 1.807) is 24.3 Å². The van der Waals surface area contributed by atoms with E-state index in [2.05, 4.69) is 49.2 Å². The Morgan fingerprint density at radius 2 is 1.57 bits per heavy atom. The molecular weight excluding hydrogens is 552 g/mol. The zero-order chi connectivity index (χ0) is 30.3. The third kappa shape index (κ3) is 7.37. The molecule has 3 saturated heterocycles. The Labute approximate surface area is 259 Å². The minimum absolute atomic E-state index is 0.0279. The first-order valence-electron chi connectivity index (χ1n) is 15.8. The summed E-state index contributed by atoms with van der Waals surface area (Å²) in [5, 5.41) is 3.14. The van der Waals surface area contributed by atoms with Gasteiger partial charge in [-0.05, 0) is 67.6 Å². The molecule has 0 saturated carbocycles. The second-order valence-corrected chi connectivity index (χ2v) is 12.0. The number of carbonyl (C=O) groups is 2. The first-order valence-corrected chi connectivity index (χ1v) is 15.8. The van der Waals surface area contributed by atoms with Gasteiger partial charge in [0.05, 0.1) is 12.1 Å². The van der Waals surface area contributed by atoms with E-state index < -0.39 is 0 Å². The third-order valence-electron chi connectivity index (χ3n) is 8.98. The van der Waals surface area contributed by atoms with Crippen molar-refractivity contribution in [2.75, 3.05) is 44.2 Å². The molecule has 228 valence electrons. The van der Waals surface area contributed by atoms with Crippen LogP contribution in [0.15, 0.2) is 66.9 Å². The van der Waals surface area contributed by atoms with Crippen LogP contribution in [0.1, 0.15) is 64.9 Å². The monoisotopic (exact) mass is 592 g/mol. The van der Waals surface area contributed by atoms with Crippen molar-refractivity contribution < 1.29 is 14.3 Å². The normalized spacial score (nSPS) is 18.2. The van der Waals surface area contributed by atoms with E-state index in [0.29, 0.717) is 30.0 Å². The third-order valence-corrected chi connectivity index (χ3v) is 8.98. The number of likely N-dealkylation sites (tertiary alicyclic amines) is 2. The maximum absolute atomic E-state index is 13.1. The van der Waals surface area contributed by atoms with Crippen LogP contribution >= 0.6 is 0 Å². The molecule has 9 nitrogen and oxygen atoms in total. The first kappa shape index (κ1) is 29.6. The maximum atomic E-state index is 13.1. The summed E-state index contributed by atoms with van der Waals surface area (Å²) in [4.78, 5) is 40.5. The molecule has 3 fully saturated rings. The van der Waals surface area contributed by atoms with E-state index in [4.69, 9.17) is 11.3 Å². The van der Waals surface area contributed by atoms with Gasteiger partial charge in [0.25, 0.3) is 11.8 Å². The lowest BCUT2D eigenvalue weighted by Crippen LogP contribution is -2.44. The zero-order valence-electron chi connectivity index (χ0n) is 25.2. The smallest absolute Gasteiger partial charge is 0.270 e. The predicted molar refractivity (Wildman–Crippen MR) is 170 cm³/mol. The summed E-state index contributed by atoms with van der Waals surface area (Å²) in [5.74, 6) is 0.467. The molecule has 3 aliphatic rings. The number of nitrogens with one attached hydrogen (secondary N) is 1. The predicted octanol–water partition coefficient (Wildman–Crippen LogP) is 5.31. The lowest BCUT2D eigenvalue weighted by molar-refractivity contribution is 0.0594. The number of piperidine rings is 2. The molecule has 1 aromatic heterocycles. The van der Waals surface area contributed by atoms with Crippen LogP contribution in [0, 0.1) is 6.57 Å². The van der Waals surface area contributed by atoms with Crippen molar-refractivity contribution in [3.8, 4) is 5.75 Å². The molecule has 0 spiro atoms. The number of ether oxygens (including phenoxy) is 1. The zero-order valence-corrected chi connectivity index (χ0v) is 25.2. The van der Waals surface area contributed by atoms with Gasteiger partial charge < -0.3 is 19.9 Å². The Hall–Kier alpha value is -4.42. The van der Waals surface area contributed by atoms with Crippen LogP contribution in [0.5, 0.6) is 5.75 Å².